The SMILES string of the molecule is CCNC(CCCc1cccc2ccccc12)C(C)(C)C. The van der Waals surface area contributed by atoms with Crippen LogP contribution in [-0.4, -0.2) is 12.6 Å². The first-order valence-electron chi connectivity index (χ1n) is 8.22. The monoisotopic (exact) mass is 283 g/mol. The number of nitrogens with one attached hydrogen (secondary N) is 1. The Hall–Kier alpha value is -1.34. The van der Waals surface area contributed by atoms with Crippen molar-refractivity contribution in [3.05, 3.63) is 48.0 Å². The Morgan fingerprint density at radius 1 is 1.00 bits per heavy atom. The van der Waals surface area contributed by atoms with Gasteiger partial charge >= 0.3 is 0 Å². The largest absolute Gasteiger partial charge is 0.314 e. The molecular weight excluding hydrogens is 254 g/mol. The fourth-order valence-electron chi connectivity index (χ4n) is 3.09. The zero-order chi connectivity index (χ0) is 15.3. The standard InChI is InChI=1S/C20H29N/c1-5-21-19(20(2,3)4)15-9-13-17-12-8-11-16-10-6-7-14-18(16)17/h6-8,10-12,14,19,21H,5,9,13,15H2,1-4H3. The van der Waals surface area contributed by atoms with Crippen LogP contribution in [0.4, 0.5) is 0 Å². The summed E-state index contributed by atoms with van der Waals surface area (Å²) < 4.78 is 0. The molecule has 0 spiro atoms. The fraction of sp³-hybridized carbons (Fsp3) is 0.500. The Morgan fingerprint density at radius 2 is 1.71 bits per heavy atom. The van der Waals surface area contributed by atoms with Crippen LogP contribution in [0, 0.1) is 5.41 Å². The lowest BCUT2D eigenvalue weighted by Gasteiger charge is -2.31. The molecule has 0 aromatic heterocycles. The van der Waals surface area contributed by atoms with Crippen LogP contribution in [0.15, 0.2) is 42.5 Å². The molecule has 0 aliphatic rings. The summed E-state index contributed by atoms with van der Waals surface area (Å²) >= 11 is 0. The van der Waals surface area contributed by atoms with E-state index in [1.165, 1.54) is 35.6 Å². The Morgan fingerprint density at radius 3 is 2.43 bits per heavy atom. The molecule has 0 fully saturated rings. The lowest BCUT2D eigenvalue weighted by molar-refractivity contribution is 0.254. The summed E-state index contributed by atoms with van der Waals surface area (Å²) in [7, 11) is 0. The van der Waals surface area contributed by atoms with Crippen LogP contribution in [0.1, 0.15) is 46.1 Å². The molecule has 0 saturated heterocycles. The summed E-state index contributed by atoms with van der Waals surface area (Å²) in [5.41, 5.74) is 1.81. The molecule has 1 N–H and O–H groups in total. The third-order valence-corrected chi connectivity index (χ3v) is 4.31. The van der Waals surface area contributed by atoms with Crippen molar-refractivity contribution in [2.24, 2.45) is 5.41 Å². The molecule has 0 aliphatic carbocycles. The first kappa shape index (κ1) is 16.0. The molecule has 0 radical (unpaired) electrons. The molecule has 1 nitrogen and oxygen atoms in total. The highest BCUT2D eigenvalue weighted by Gasteiger charge is 2.22. The van der Waals surface area contributed by atoms with Gasteiger partial charge in [-0.15, -0.1) is 0 Å². The fourth-order valence-corrected chi connectivity index (χ4v) is 3.09. The van der Waals surface area contributed by atoms with Crippen LogP contribution in [0.2, 0.25) is 0 Å². The van der Waals surface area contributed by atoms with E-state index in [4.69, 9.17) is 0 Å². The highest BCUT2D eigenvalue weighted by Crippen LogP contribution is 2.25. The highest BCUT2D eigenvalue weighted by molar-refractivity contribution is 5.85. The minimum absolute atomic E-state index is 0.328. The van der Waals surface area contributed by atoms with Crippen LogP contribution in [0.3, 0.4) is 0 Å². The minimum atomic E-state index is 0.328. The van der Waals surface area contributed by atoms with Gasteiger partial charge in [-0.1, -0.05) is 70.2 Å². The summed E-state index contributed by atoms with van der Waals surface area (Å²) in [4.78, 5) is 0. The smallest absolute Gasteiger partial charge is 0.0116 e. The summed E-state index contributed by atoms with van der Waals surface area (Å²) in [5.74, 6) is 0. The van der Waals surface area contributed by atoms with Gasteiger partial charge in [-0.25, -0.2) is 0 Å². The van der Waals surface area contributed by atoms with Gasteiger partial charge in [-0.2, -0.15) is 0 Å². The van der Waals surface area contributed by atoms with Gasteiger partial charge < -0.3 is 5.32 Å². The van der Waals surface area contributed by atoms with E-state index in [0.717, 1.165) is 6.54 Å². The van der Waals surface area contributed by atoms with Crippen LogP contribution < -0.4 is 5.32 Å². The van der Waals surface area contributed by atoms with Crippen molar-refractivity contribution in [3.63, 3.8) is 0 Å². The third-order valence-electron chi connectivity index (χ3n) is 4.31. The molecule has 2 aromatic rings. The van der Waals surface area contributed by atoms with E-state index in [-0.39, 0.29) is 0 Å². The van der Waals surface area contributed by atoms with Crippen molar-refractivity contribution in [3.8, 4) is 0 Å². The number of fused-ring (bicyclic) bond motifs is 1. The first-order valence-corrected chi connectivity index (χ1v) is 8.22. The summed E-state index contributed by atoms with van der Waals surface area (Å²) in [5, 5.41) is 6.41. The van der Waals surface area contributed by atoms with Gasteiger partial charge in [0, 0.05) is 6.04 Å². The molecule has 1 atom stereocenters. The van der Waals surface area contributed by atoms with Gasteiger partial charge in [-0.3, -0.25) is 0 Å². The second-order valence-corrected chi connectivity index (χ2v) is 7.01. The van der Waals surface area contributed by atoms with Crippen LogP contribution >= 0.6 is 0 Å². The van der Waals surface area contributed by atoms with E-state index in [0.29, 0.717) is 11.5 Å². The Bertz CT molecular complexity index is 560. The average Bonchev–Trinajstić information content (AvgIpc) is 2.45. The van der Waals surface area contributed by atoms with Crippen molar-refractivity contribution in [1.82, 2.24) is 5.32 Å². The van der Waals surface area contributed by atoms with Crippen molar-refractivity contribution in [2.45, 2.75) is 53.0 Å². The molecule has 2 rings (SSSR count). The van der Waals surface area contributed by atoms with Crippen molar-refractivity contribution < 1.29 is 0 Å². The molecule has 0 bridgehead atoms. The number of hydrogen-bond donors (Lipinski definition) is 1. The van der Waals surface area contributed by atoms with Gasteiger partial charge in [0.05, 0.1) is 0 Å². The van der Waals surface area contributed by atoms with Gasteiger partial charge in [0.25, 0.3) is 0 Å². The number of aryl methyl sites for hydroxylation is 1. The van der Waals surface area contributed by atoms with E-state index in [2.05, 4.69) is 75.5 Å². The summed E-state index contributed by atoms with van der Waals surface area (Å²) in [6.45, 7) is 10.2. The zero-order valence-electron chi connectivity index (χ0n) is 13.9. The molecule has 1 unspecified atom stereocenters. The first-order chi connectivity index (χ1) is 10.0. The second-order valence-electron chi connectivity index (χ2n) is 7.01. The molecule has 0 heterocycles. The molecular formula is C20H29N. The number of benzene rings is 2. The van der Waals surface area contributed by atoms with Gasteiger partial charge in [0.1, 0.15) is 0 Å². The molecule has 0 aliphatic heterocycles. The maximum absolute atomic E-state index is 3.65. The van der Waals surface area contributed by atoms with E-state index in [9.17, 15) is 0 Å². The summed E-state index contributed by atoms with van der Waals surface area (Å²) in [6, 6.07) is 16.0. The molecule has 0 amide bonds. The van der Waals surface area contributed by atoms with E-state index in [1.807, 2.05) is 0 Å². The van der Waals surface area contributed by atoms with E-state index in [1.54, 1.807) is 0 Å². The van der Waals surface area contributed by atoms with E-state index >= 15 is 0 Å². The topological polar surface area (TPSA) is 12.0 Å². The quantitative estimate of drug-likeness (QED) is 0.769. The third kappa shape index (κ3) is 4.31. The molecule has 1 heteroatoms. The maximum atomic E-state index is 3.65. The number of hydrogen-bond acceptors (Lipinski definition) is 1. The maximum Gasteiger partial charge on any atom is 0.0116 e. The molecule has 114 valence electrons. The van der Waals surface area contributed by atoms with Crippen molar-refractivity contribution in [1.29, 1.82) is 0 Å². The minimum Gasteiger partial charge on any atom is -0.314 e. The molecule has 0 saturated carbocycles. The molecule has 21 heavy (non-hydrogen) atoms. The lowest BCUT2D eigenvalue weighted by atomic mass is 9.83. The summed E-state index contributed by atoms with van der Waals surface area (Å²) in [6.07, 6.45) is 3.64. The van der Waals surface area contributed by atoms with Crippen molar-refractivity contribution >= 4 is 10.8 Å². The lowest BCUT2D eigenvalue weighted by Crippen LogP contribution is -2.40. The second kappa shape index (κ2) is 7.09. The normalized spacial score (nSPS) is 13.5. The number of rotatable bonds is 6. The molecule has 2 aromatic carbocycles. The van der Waals surface area contributed by atoms with Gasteiger partial charge in [-0.05, 0) is 47.6 Å². The Labute approximate surface area is 129 Å². The Kier molecular flexibility index (Phi) is 5.41. The zero-order valence-corrected chi connectivity index (χ0v) is 13.9. The van der Waals surface area contributed by atoms with Gasteiger partial charge in [0.2, 0.25) is 0 Å². The average molecular weight is 283 g/mol. The van der Waals surface area contributed by atoms with Crippen LogP contribution in [0.5, 0.6) is 0 Å². The van der Waals surface area contributed by atoms with Crippen LogP contribution in [0.25, 0.3) is 10.8 Å². The van der Waals surface area contributed by atoms with Crippen molar-refractivity contribution in [2.75, 3.05) is 6.54 Å². The predicted molar refractivity (Wildman–Crippen MR) is 93.8 cm³/mol. The van der Waals surface area contributed by atoms with Gasteiger partial charge in [0.15, 0.2) is 0 Å². The predicted octanol–water partition coefficient (Wildman–Crippen LogP) is 5.19. The van der Waals surface area contributed by atoms with Crippen LogP contribution in [-0.2, 0) is 6.42 Å². The highest BCUT2D eigenvalue weighted by atomic mass is 14.9. The van der Waals surface area contributed by atoms with E-state index < -0.39 is 0 Å². The Balaban J connectivity index is 2.01.